The lowest BCUT2D eigenvalue weighted by Gasteiger charge is -2.35. The van der Waals surface area contributed by atoms with Crippen molar-refractivity contribution in [3.05, 3.63) is 64.2 Å². The first-order valence-corrected chi connectivity index (χ1v) is 11.3. The zero-order valence-electron chi connectivity index (χ0n) is 17.8. The van der Waals surface area contributed by atoms with Crippen molar-refractivity contribution in [3.8, 4) is 0 Å². The number of nitrogens with one attached hydrogen (secondary N) is 1. The van der Waals surface area contributed by atoms with Gasteiger partial charge in [-0.25, -0.2) is 0 Å². The van der Waals surface area contributed by atoms with Crippen molar-refractivity contribution in [2.24, 2.45) is 5.92 Å². The lowest BCUT2D eigenvalue weighted by molar-refractivity contribution is -0.117. The highest BCUT2D eigenvalue weighted by atomic mass is 35.5. The van der Waals surface area contributed by atoms with Gasteiger partial charge in [0.2, 0.25) is 5.91 Å². The molecule has 2 aliphatic rings. The van der Waals surface area contributed by atoms with Gasteiger partial charge in [-0.3, -0.25) is 4.79 Å². The number of benzene rings is 2. The van der Waals surface area contributed by atoms with Crippen LogP contribution < -0.4 is 5.32 Å². The predicted octanol–water partition coefficient (Wildman–Crippen LogP) is 4.95. The van der Waals surface area contributed by atoms with Crippen LogP contribution in [-0.4, -0.2) is 35.5 Å². The first-order chi connectivity index (χ1) is 14.3. The summed E-state index contributed by atoms with van der Waals surface area (Å²) < 4.78 is 0. The van der Waals surface area contributed by atoms with Gasteiger partial charge in [0.15, 0.2) is 0 Å². The topological polar surface area (TPSA) is 52.6 Å². The highest BCUT2D eigenvalue weighted by Gasteiger charge is 2.34. The quantitative estimate of drug-likeness (QED) is 0.711. The summed E-state index contributed by atoms with van der Waals surface area (Å²) in [6.07, 6.45) is 3.31. The molecule has 2 aromatic carbocycles. The van der Waals surface area contributed by atoms with Crippen LogP contribution in [0.3, 0.4) is 0 Å². The standard InChI is InChI=1S/C25H31ClN2O2/c1-25(2)14-23(30)27-24-20(25)12-19(13-21(24)26)22(29)16-28-10-6-9-18(15-28)11-17-7-4-3-5-8-17/h3-5,7-8,12-13,18,22,29H,6,9-11,14-16H2,1-2H3,(H,27,30). The molecule has 160 valence electrons. The van der Waals surface area contributed by atoms with E-state index in [1.54, 1.807) is 6.07 Å². The Hall–Kier alpha value is -1.88. The lowest BCUT2D eigenvalue weighted by atomic mass is 9.77. The SMILES string of the molecule is CC1(C)CC(=O)Nc2c(Cl)cc(C(O)CN3CCCC(Cc4ccccc4)C3)cc21. The second kappa shape index (κ2) is 8.70. The number of hydrogen-bond donors (Lipinski definition) is 2. The summed E-state index contributed by atoms with van der Waals surface area (Å²) >= 11 is 6.50. The number of halogens is 1. The van der Waals surface area contributed by atoms with Crippen molar-refractivity contribution < 1.29 is 9.90 Å². The van der Waals surface area contributed by atoms with Crippen molar-refractivity contribution in [2.45, 2.75) is 51.0 Å². The molecule has 0 radical (unpaired) electrons. The zero-order chi connectivity index (χ0) is 21.3. The lowest BCUT2D eigenvalue weighted by Crippen LogP contribution is -2.39. The van der Waals surface area contributed by atoms with Gasteiger partial charge < -0.3 is 15.3 Å². The van der Waals surface area contributed by atoms with Gasteiger partial charge in [0.25, 0.3) is 0 Å². The van der Waals surface area contributed by atoms with Crippen LogP contribution in [0.5, 0.6) is 0 Å². The number of anilines is 1. The van der Waals surface area contributed by atoms with E-state index in [0.717, 1.165) is 37.1 Å². The van der Waals surface area contributed by atoms with Gasteiger partial charge in [0.05, 0.1) is 16.8 Å². The molecule has 2 N–H and O–H groups in total. The molecule has 30 heavy (non-hydrogen) atoms. The molecule has 0 spiro atoms. The Morgan fingerprint density at radius 3 is 2.80 bits per heavy atom. The van der Waals surface area contributed by atoms with Crippen LogP contribution in [0.4, 0.5) is 5.69 Å². The maximum absolute atomic E-state index is 12.0. The Balaban J connectivity index is 1.45. The molecule has 2 unspecified atom stereocenters. The van der Waals surface area contributed by atoms with Crippen LogP contribution in [0, 0.1) is 5.92 Å². The van der Waals surface area contributed by atoms with Crippen LogP contribution in [-0.2, 0) is 16.6 Å². The van der Waals surface area contributed by atoms with Crippen molar-refractivity contribution in [3.63, 3.8) is 0 Å². The zero-order valence-corrected chi connectivity index (χ0v) is 18.6. The predicted molar refractivity (Wildman–Crippen MR) is 122 cm³/mol. The molecule has 0 bridgehead atoms. The Labute approximate surface area is 184 Å². The fraction of sp³-hybridized carbons (Fsp3) is 0.480. The highest BCUT2D eigenvalue weighted by molar-refractivity contribution is 6.34. The molecule has 1 fully saturated rings. The fourth-order valence-corrected chi connectivity index (χ4v) is 5.22. The monoisotopic (exact) mass is 426 g/mol. The maximum atomic E-state index is 12.0. The molecular weight excluding hydrogens is 396 g/mol. The van der Waals surface area contributed by atoms with E-state index in [-0.39, 0.29) is 11.3 Å². The fourth-order valence-electron chi connectivity index (χ4n) is 4.94. The van der Waals surface area contributed by atoms with Crippen LogP contribution in [0.2, 0.25) is 5.02 Å². The van der Waals surface area contributed by atoms with E-state index >= 15 is 0 Å². The molecule has 4 rings (SSSR count). The number of β-amino-alcohol motifs (C(OH)–C–C–N with tert-alkyl or cyclic N) is 1. The Bertz CT molecular complexity index is 913. The number of aliphatic hydroxyl groups is 1. The molecule has 1 saturated heterocycles. The van der Waals surface area contributed by atoms with Crippen molar-refractivity contribution in [2.75, 3.05) is 25.0 Å². The summed E-state index contributed by atoms with van der Waals surface area (Å²) in [6.45, 7) is 6.73. The van der Waals surface area contributed by atoms with Crippen LogP contribution in [0.25, 0.3) is 0 Å². The summed E-state index contributed by atoms with van der Waals surface area (Å²) in [4.78, 5) is 14.4. The molecule has 5 heteroatoms. The smallest absolute Gasteiger partial charge is 0.225 e. The minimum absolute atomic E-state index is 0.0135. The van der Waals surface area contributed by atoms with E-state index < -0.39 is 6.10 Å². The summed E-state index contributed by atoms with van der Waals surface area (Å²) in [5.74, 6) is 0.607. The van der Waals surface area contributed by atoms with Gasteiger partial charge in [-0.2, -0.15) is 0 Å². The third-order valence-corrected chi connectivity index (χ3v) is 6.79. The minimum Gasteiger partial charge on any atom is -0.387 e. The molecule has 4 nitrogen and oxygen atoms in total. The number of piperidine rings is 1. The van der Waals surface area contributed by atoms with Gasteiger partial charge in [-0.15, -0.1) is 0 Å². The van der Waals surface area contributed by atoms with Crippen molar-refractivity contribution >= 4 is 23.2 Å². The molecule has 2 aromatic rings. The number of nitrogens with zero attached hydrogens (tertiary/aromatic N) is 1. The second-order valence-electron chi connectivity index (χ2n) is 9.51. The number of likely N-dealkylation sites (tertiary alicyclic amines) is 1. The van der Waals surface area contributed by atoms with E-state index in [0.29, 0.717) is 29.6 Å². The van der Waals surface area contributed by atoms with E-state index in [1.165, 1.54) is 12.0 Å². The molecule has 0 aromatic heterocycles. The number of carbonyl (C=O) groups is 1. The van der Waals surface area contributed by atoms with Gasteiger partial charge >= 0.3 is 0 Å². The average molecular weight is 427 g/mol. The van der Waals surface area contributed by atoms with Gasteiger partial charge in [0, 0.05) is 24.9 Å². The number of hydrogen-bond acceptors (Lipinski definition) is 3. The summed E-state index contributed by atoms with van der Waals surface area (Å²) in [5, 5.41) is 14.4. The molecule has 2 heterocycles. The molecule has 2 aliphatic heterocycles. The number of amides is 1. The highest BCUT2D eigenvalue weighted by Crippen LogP contribution is 2.42. The summed E-state index contributed by atoms with van der Waals surface area (Å²) in [7, 11) is 0. The summed E-state index contributed by atoms with van der Waals surface area (Å²) in [6, 6.07) is 14.5. The van der Waals surface area contributed by atoms with E-state index in [4.69, 9.17) is 11.6 Å². The first kappa shape index (κ1) is 21.4. The second-order valence-corrected chi connectivity index (χ2v) is 9.91. The van der Waals surface area contributed by atoms with Gasteiger partial charge in [0.1, 0.15) is 0 Å². The first-order valence-electron chi connectivity index (χ1n) is 10.9. The van der Waals surface area contributed by atoms with Crippen LogP contribution in [0.15, 0.2) is 42.5 Å². The Morgan fingerprint density at radius 2 is 2.03 bits per heavy atom. The molecular formula is C25H31ClN2O2. The third kappa shape index (κ3) is 4.72. The molecule has 0 aliphatic carbocycles. The van der Waals surface area contributed by atoms with E-state index in [1.807, 2.05) is 6.07 Å². The van der Waals surface area contributed by atoms with Gasteiger partial charge in [-0.1, -0.05) is 61.8 Å². The maximum Gasteiger partial charge on any atom is 0.225 e. The van der Waals surface area contributed by atoms with E-state index in [9.17, 15) is 9.90 Å². The molecule has 0 saturated carbocycles. The molecule has 1 amide bonds. The molecule has 2 atom stereocenters. The average Bonchev–Trinajstić information content (AvgIpc) is 2.69. The van der Waals surface area contributed by atoms with Crippen LogP contribution >= 0.6 is 11.6 Å². The van der Waals surface area contributed by atoms with Crippen molar-refractivity contribution in [1.82, 2.24) is 4.90 Å². The number of carbonyl (C=O) groups excluding carboxylic acids is 1. The normalized spacial score (nSPS) is 22.3. The third-order valence-electron chi connectivity index (χ3n) is 6.49. The van der Waals surface area contributed by atoms with E-state index in [2.05, 4.69) is 54.4 Å². The minimum atomic E-state index is -0.600. The summed E-state index contributed by atoms with van der Waals surface area (Å²) in [5.41, 5.74) is 3.60. The largest absolute Gasteiger partial charge is 0.387 e. The Morgan fingerprint density at radius 1 is 1.27 bits per heavy atom. The number of rotatable bonds is 5. The number of fused-ring (bicyclic) bond motifs is 1. The van der Waals surface area contributed by atoms with Crippen LogP contribution in [0.1, 0.15) is 55.9 Å². The number of aliphatic hydroxyl groups excluding tert-OH is 1. The Kier molecular flexibility index (Phi) is 6.19. The van der Waals surface area contributed by atoms with Crippen molar-refractivity contribution in [1.29, 1.82) is 0 Å². The van der Waals surface area contributed by atoms with Gasteiger partial charge in [-0.05, 0) is 54.5 Å².